The highest BCUT2D eigenvalue weighted by Crippen LogP contribution is 2.08. The first-order valence-corrected chi connectivity index (χ1v) is 6.44. The molecule has 1 heterocycles. The third kappa shape index (κ3) is 4.06. The number of para-hydroxylation sites is 1. The molecule has 1 aromatic rings. The lowest BCUT2D eigenvalue weighted by molar-refractivity contribution is 0.126. The highest BCUT2D eigenvalue weighted by atomic mass is 16.5. The first-order chi connectivity index (χ1) is 8.88. The van der Waals surface area contributed by atoms with E-state index in [0.717, 1.165) is 51.6 Å². The van der Waals surface area contributed by atoms with E-state index in [0.29, 0.717) is 0 Å². The molecule has 1 aliphatic heterocycles. The van der Waals surface area contributed by atoms with E-state index in [-0.39, 0.29) is 0 Å². The lowest BCUT2D eigenvalue weighted by atomic mass is 10.3. The van der Waals surface area contributed by atoms with Crippen LogP contribution in [0, 0.1) is 12.3 Å². The average Bonchev–Trinajstić information content (AvgIpc) is 2.42. The molecule has 3 nitrogen and oxygen atoms in total. The zero-order valence-corrected chi connectivity index (χ0v) is 10.7. The second-order valence-electron chi connectivity index (χ2n) is 4.48. The SMILES string of the molecule is C#CCN1CCN(CCOc2ccccc2)CC1. The van der Waals surface area contributed by atoms with Crippen LogP contribution in [0.3, 0.4) is 0 Å². The summed E-state index contributed by atoms with van der Waals surface area (Å²) in [6, 6.07) is 9.97. The summed E-state index contributed by atoms with van der Waals surface area (Å²) in [4.78, 5) is 4.74. The van der Waals surface area contributed by atoms with Crippen molar-refractivity contribution in [2.45, 2.75) is 0 Å². The van der Waals surface area contributed by atoms with Crippen molar-refractivity contribution < 1.29 is 4.74 Å². The molecule has 0 radical (unpaired) electrons. The van der Waals surface area contributed by atoms with Crippen LogP contribution in [0.15, 0.2) is 30.3 Å². The summed E-state index contributed by atoms with van der Waals surface area (Å²) in [5.41, 5.74) is 0. The number of nitrogens with zero attached hydrogens (tertiary/aromatic N) is 2. The van der Waals surface area contributed by atoms with Crippen LogP contribution < -0.4 is 4.74 Å². The fourth-order valence-corrected chi connectivity index (χ4v) is 2.11. The fraction of sp³-hybridized carbons (Fsp3) is 0.467. The van der Waals surface area contributed by atoms with Gasteiger partial charge in [-0.25, -0.2) is 0 Å². The van der Waals surface area contributed by atoms with E-state index >= 15 is 0 Å². The van der Waals surface area contributed by atoms with Gasteiger partial charge in [0, 0.05) is 32.7 Å². The molecule has 96 valence electrons. The molecule has 0 N–H and O–H groups in total. The van der Waals surface area contributed by atoms with Crippen molar-refractivity contribution >= 4 is 0 Å². The number of rotatable bonds is 5. The summed E-state index contributed by atoms with van der Waals surface area (Å²) in [5.74, 6) is 3.65. The first kappa shape index (κ1) is 12.9. The Morgan fingerprint density at radius 2 is 1.72 bits per heavy atom. The number of hydrogen-bond acceptors (Lipinski definition) is 3. The van der Waals surface area contributed by atoms with Gasteiger partial charge in [0.2, 0.25) is 0 Å². The van der Waals surface area contributed by atoms with Crippen LogP contribution in [-0.4, -0.2) is 55.7 Å². The molecule has 0 spiro atoms. The minimum atomic E-state index is 0.749. The molecule has 2 rings (SSSR count). The van der Waals surface area contributed by atoms with Gasteiger partial charge in [0.15, 0.2) is 0 Å². The minimum Gasteiger partial charge on any atom is -0.492 e. The summed E-state index contributed by atoms with van der Waals surface area (Å²) < 4.78 is 5.70. The molecule has 0 bridgehead atoms. The maximum atomic E-state index is 5.70. The van der Waals surface area contributed by atoms with Crippen LogP contribution in [0.1, 0.15) is 0 Å². The molecule has 1 aliphatic rings. The second kappa shape index (κ2) is 7.05. The number of hydrogen-bond donors (Lipinski definition) is 0. The standard InChI is InChI=1S/C15H20N2O/c1-2-8-16-9-11-17(12-10-16)13-14-18-15-6-4-3-5-7-15/h1,3-7H,8-14H2. The van der Waals surface area contributed by atoms with Crippen LogP contribution in [0.5, 0.6) is 5.75 Å². The molecule has 3 heteroatoms. The molecular weight excluding hydrogens is 224 g/mol. The Labute approximate surface area is 109 Å². The Morgan fingerprint density at radius 1 is 1.06 bits per heavy atom. The average molecular weight is 244 g/mol. The maximum absolute atomic E-state index is 5.70. The van der Waals surface area contributed by atoms with Crippen LogP contribution >= 0.6 is 0 Å². The van der Waals surface area contributed by atoms with Gasteiger partial charge in [-0.3, -0.25) is 9.80 Å². The van der Waals surface area contributed by atoms with Crippen LogP contribution in [0.25, 0.3) is 0 Å². The van der Waals surface area contributed by atoms with Gasteiger partial charge in [0.25, 0.3) is 0 Å². The summed E-state index contributed by atoms with van der Waals surface area (Å²) in [6.07, 6.45) is 5.31. The van der Waals surface area contributed by atoms with E-state index in [1.54, 1.807) is 0 Å². The van der Waals surface area contributed by atoms with E-state index in [4.69, 9.17) is 11.2 Å². The van der Waals surface area contributed by atoms with Crippen molar-refractivity contribution in [1.82, 2.24) is 9.80 Å². The monoisotopic (exact) mass is 244 g/mol. The van der Waals surface area contributed by atoms with Gasteiger partial charge in [0.05, 0.1) is 6.54 Å². The third-order valence-corrected chi connectivity index (χ3v) is 3.20. The number of ether oxygens (including phenoxy) is 1. The molecule has 1 fully saturated rings. The van der Waals surface area contributed by atoms with Gasteiger partial charge < -0.3 is 4.74 Å². The quantitative estimate of drug-likeness (QED) is 0.727. The zero-order chi connectivity index (χ0) is 12.6. The van der Waals surface area contributed by atoms with E-state index < -0.39 is 0 Å². The zero-order valence-electron chi connectivity index (χ0n) is 10.7. The highest BCUT2D eigenvalue weighted by Gasteiger charge is 2.15. The van der Waals surface area contributed by atoms with Crippen LogP contribution in [0.4, 0.5) is 0 Å². The number of piperazine rings is 1. The molecule has 0 amide bonds. The third-order valence-electron chi connectivity index (χ3n) is 3.20. The molecule has 1 saturated heterocycles. The first-order valence-electron chi connectivity index (χ1n) is 6.44. The van der Waals surface area contributed by atoms with Crippen LogP contribution in [-0.2, 0) is 0 Å². The van der Waals surface area contributed by atoms with E-state index in [2.05, 4.69) is 15.7 Å². The lowest BCUT2D eigenvalue weighted by Gasteiger charge is -2.33. The van der Waals surface area contributed by atoms with Gasteiger partial charge >= 0.3 is 0 Å². The van der Waals surface area contributed by atoms with Gasteiger partial charge in [-0.15, -0.1) is 6.42 Å². The number of benzene rings is 1. The number of terminal acetylenes is 1. The summed E-state index contributed by atoms with van der Waals surface area (Å²) in [5, 5.41) is 0. The maximum Gasteiger partial charge on any atom is 0.119 e. The molecule has 18 heavy (non-hydrogen) atoms. The van der Waals surface area contributed by atoms with Crippen molar-refractivity contribution in [1.29, 1.82) is 0 Å². The normalized spacial score (nSPS) is 17.3. The summed E-state index contributed by atoms with van der Waals surface area (Å²) in [6.45, 7) is 6.80. The van der Waals surface area contributed by atoms with E-state index in [1.165, 1.54) is 0 Å². The van der Waals surface area contributed by atoms with Crippen molar-refractivity contribution in [2.24, 2.45) is 0 Å². The van der Waals surface area contributed by atoms with Crippen LogP contribution in [0.2, 0.25) is 0 Å². The van der Waals surface area contributed by atoms with Crippen molar-refractivity contribution in [3.63, 3.8) is 0 Å². The minimum absolute atomic E-state index is 0.749. The molecule has 0 atom stereocenters. The Bertz CT molecular complexity index is 377. The van der Waals surface area contributed by atoms with Gasteiger partial charge in [0.1, 0.15) is 12.4 Å². The molecular formula is C15H20N2O. The Morgan fingerprint density at radius 3 is 2.39 bits per heavy atom. The van der Waals surface area contributed by atoms with Crippen molar-refractivity contribution in [2.75, 3.05) is 45.9 Å². The van der Waals surface area contributed by atoms with Gasteiger partial charge in [-0.2, -0.15) is 0 Å². The van der Waals surface area contributed by atoms with Crippen molar-refractivity contribution in [3.05, 3.63) is 30.3 Å². The Balaban J connectivity index is 1.63. The molecule has 1 aromatic carbocycles. The fourth-order valence-electron chi connectivity index (χ4n) is 2.11. The molecule has 0 saturated carbocycles. The topological polar surface area (TPSA) is 15.7 Å². The Kier molecular flexibility index (Phi) is 5.07. The highest BCUT2D eigenvalue weighted by molar-refractivity contribution is 5.20. The van der Waals surface area contributed by atoms with E-state index in [1.807, 2.05) is 30.3 Å². The second-order valence-corrected chi connectivity index (χ2v) is 4.48. The Hall–Kier alpha value is -1.50. The summed E-state index contributed by atoms with van der Waals surface area (Å²) >= 11 is 0. The lowest BCUT2D eigenvalue weighted by Crippen LogP contribution is -2.47. The predicted octanol–water partition coefficient (Wildman–Crippen LogP) is 1.32. The molecule has 0 aromatic heterocycles. The van der Waals surface area contributed by atoms with Crippen molar-refractivity contribution in [3.8, 4) is 18.1 Å². The van der Waals surface area contributed by atoms with Gasteiger partial charge in [-0.1, -0.05) is 24.1 Å². The largest absolute Gasteiger partial charge is 0.492 e. The van der Waals surface area contributed by atoms with E-state index in [9.17, 15) is 0 Å². The van der Waals surface area contributed by atoms with Gasteiger partial charge in [-0.05, 0) is 12.1 Å². The smallest absolute Gasteiger partial charge is 0.119 e. The summed E-state index contributed by atoms with van der Waals surface area (Å²) in [7, 11) is 0. The predicted molar refractivity (Wildman–Crippen MR) is 73.7 cm³/mol. The molecule has 0 unspecified atom stereocenters. The molecule has 0 aliphatic carbocycles.